The lowest BCUT2D eigenvalue weighted by Gasteiger charge is -2.45. The largest absolute Gasteiger partial charge is 0.493 e. The van der Waals surface area contributed by atoms with Crippen molar-refractivity contribution in [3.05, 3.63) is 125 Å². The fourth-order valence-corrected chi connectivity index (χ4v) is 7.09. The van der Waals surface area contributed by atoms with E-state index < -0.39 is 12.1 Å². The summed E-state index contributed by atoms with van der Waals surface area (Å²) in [6, 6.07) is 32.5. The van der Waals surface area contributed by atoms with Crippen LogP contribution in [0.15, 0.2) is 97.1 Å². The van der Waals surface area contributed by atoms with Crippen LogP contribution in [0.1, 0.15) is 39.9 Å². The Morgan fingerprint density at radius 1 is 0.739 bits per heavy atom. The second-order valence-corrected chi connectivity index (χ2v) is 11.9. The average Bonchev–Trinajstić information content (AvgIpc) is 3.12. The summed E-state index contributed by atoms with van der Waals surface area (Å²) in [5.41, 5.74) is 5.63. The molecule has 46 heavy (non-hydrogen) atoms. The normalized spacial score (nSPS) is 17.8. The molecule has 1 N–H and O–H groups in total. The summed E-state index contributed by atoms with van der Waals surface area (Å²) in [6.45, 7) is 3.16. The molecule has 8 nitrogen and oxygen atoms in total. The maximum atomic E-state index is 14.5. The third-order valence-corrected chi connectivity index (χ3v) is 9.44. The van der Waals surface area contributed by atoms with Crippen molar-refractivity contribution in [1.29, 1.82) is 0 Å². The SMILES string of the molecule is COc1cc(C(CO)N2Cc3ccccc3C[C@H]2C(=O)N2CCN(C(c3ccccc3)c3ccccc3)CC2)cc(OC)c1OC. The fourth-order valence-electron chi connectivity index (χ4n) is 7.09. The summed E-state index contributed by atoms with van der Waals surface area (Å²) in [5.74, 6) is 1.61. The number of fused-ring (bicyclic) bond motifs is 1. The number of carbonyl (C=O) groups excluding carboxylic acids is 1. The van der Waals surface area contributed by atoms with Gasteiger partial charge in [0.1, 0.15) is 0 Å². The molecule has 1 fully saturated rings. The number of hydrogen-bond acceptors (Lipinski definition) is 7. The molecule has 1 unspecified atom stereocenters. The number of methoxy groups -OCH3 is 3. The van der Waals surface area contributed by atoms with Crippen LogP contribution in [0.4, 0.5) is 0 Å². The van der Waals surface area contributed by atoms with Gasteiger partial charge < -0.3 is 24.2 Å². The Bertz CT molecular complexity index is 1540. The number of amides is 1. The Kier molecular flexibility index (Phi) is 9.88. The predicted molar refractivity (Wildman–Crippen MR) is 178 cm³/mol. The van der Waals surface area contributed by atoms with E-state index in [1.54, 1.807) is 21.3 Å². The lowest BCUT2D eigenvalue weighted by Crippen LogP contribution is -2.57. The minimum Gasteiger partial charge on any atom is -0.493 e. The third-order valence-electron chi connectivity index (χ3n) is 9.44. The Morgan fingerprint density at radius 3 is 1.80 bits per heavy atom. The second kappa shape index (κ2) is 14.4. The molecule has 240 valence electrons. The van der Waals surface area contributed by atoms with Crippen LogP contribution in [0, 0.1) is 0 Å². The molecule has 4 aromatic rings. The molecular weight excluding hydrogens is 578 g/mol. The number of piperazine rings is 1. The molecule has 2 aliphatic heterocycles. The molecule has 0 aromatic heterocycles. The van der Waals surface area contributed by atoms with Gasteiger partial charge in [-0.2, -0.15) is 0 Å². The van der Waals surface area contributed by atoms with Crippen LogP contribution in [0.5, 0.6) is 17.2 Å². The van der Waals surface area contributed by atoms with Crippen LogP contribution in [-0.4, -0.2) is 85.9 Å². The first-order chi connectivity index (χ1) is 22.6. The van der Waals surface area contributed by atoms with Crippen molar-refractivity contribution in [3.63, 3.8) is 0 Å². The van der Waals surface area contributed by atoms with E-state index in [9.17, 15) is 9.90 Å². The lowest BCUT2D eigenvalue weighted by molar-refractivity contribution is -0.141. The maximum absolute atomic E-state index is 14.5. The Balaban J connectivity index is 1.27. The highest BCUT2D eigenvalue weighted by atomic mass is 16.5. The van der Waals surface area contributed by atoms with Gasteiger partial charge in [-0.25, -0.2) is 0 Å². The molecule has 0 spiro atoms. The first-order valence-corrected chi connectivity index (χ1v) is 15.9. The molecule has 2 atom stereocenters. The molecule has 0 radical (unpaired) electrons. The van der Waals surface area contributed by atoms with E-state index in [4.69, 9.17) is 14.2 Å². The van der Waals surface area contributed by atoms with Crippen molar-refractivity contribution in [2.24, 2.45) is 0 Å². The summed E-state index contributed by atoms with van der Waals surface area (Å²) in [6.07, 6.45) is 0.576. The predicted octanol–water partition coefficient (Wildman–Crippen LogP) is 5.11. The minimum absolute atomic E-state index is 0.0935. The number of rotatable bonds is 10. The van der Waals surface area contributed by atoms with Crippen molar-refractivity contribution in [2.75, 3.05) is 54.1 Å². The topological polar surface area (TPSA) is 74.7 Å². The van der Waals surface area contributed by atoms with Crippen molar-refractivity contribution in [3.8, 4) is 17.2 Å². The number of carbonyl (C=O) groups is 1. The average molecular weight is 622 g/mol. The summed E-state index contributed by atoms with van der Waals surface area (Å²) in [7, 11) is 4.73. The van der Waals surface area contributed by atoms with E-state index in [0.29, 0.717) is 43.3 Å². The van der Waals surface area contributed by atoms with E-state index in [1.165, 1.54) is 16.7 Å². The summed E-state index contributed by atoms with van der Waals surface area (Å²) < 4.78 is 16.8. The van der Waals surface area contributed by atoms with Gasteiger partial charge >= 0.3 is 0 Å². The number of nitrogens with zero attached hydrogens (tertiary/aromatic N) is 3. The lowest BCUT2D eigenvalue weighted by atomic mass is 9.90. The van der Waals surface area contributed by atoms with Crippen molar-refractivity contribution >= 4 is 5.91 Å². The number of aliphatic hydroxyl groups is 1. The van der Waals surface area contributed by atoms with Crippen LogP contribution in [0.3, 0.4) is 0 Å². The molecule has 1 saturated heterocycles. The van der Waals surface area contributed by atoms with E-state index in [2.05, 4.69) is 70.5 Å². The molecule has 8 heteroatoms. The van der Waals surface area contributed by atoms with Gasteiger partial charge in [-0.05, 0) is 46.4 Å². The van der Waals surface area contributed by atoms with Crippen molar-refractivity contribution in [2.45, 2.75) is 31.1 Å². The number of ether oxygens (including phenoxy) is 3. The zero-order chi connectivity index (χ0) is 32.0. The monoisotopic (exact) mass is 621 g/mol. The van der Waals surface area contributed by atoms with Gasteiger partial charge in [0.05, 0.1) is 46.1 Å². The summed E-state index contributed by atoms with van der Waals surface area (Å²) in [5, 5.41) is 10.9. The van der Waals surface area contributed by atoms with Crippen LogP contribution in [0.25, 0.3) is 0 Å². The molecule has 0 bridgehead atoms. The highest BCUT2D eigenvalue weighted by Gasteiger charge is 2.40. The minimum atomic E-state index is -0.460. The molecule has 1 amide bonds. The van der Waals surface area contributed by atoms with Gasteiger partial charge in [-0.15, -0.1) is 0 Å². The van der Waals surface area contributed by atoms with Crippen LogP contribution < -0.4 is 14.2 Å². The van der Waals surface area contributed by atoms with Gasteiger partial charge in [0.2, 0.25) is 11.7 Å². The van der Waals surface area contributed by atoms with Crippen LogP contribution >= 0.6 is 0 Å². The highest BCUT2D eigenvalue weighted by Crippen LogP contribution is 2.42. The molecule has 6 rings (SSSR count). The third kappa shape index (κ3) is 6.33. The fraction of sp³-hybridized carbons (Fsp3) is 0.342. The number of benzene rings is 4. The summed E-state index contributed by atoms with van der Waals surface area (Å²) >= 11 is 0. The smallest absolute Gasteiger partial charge is 0.240 e. The van der Waals surface area contributed by atoms with E-state index in [-0.39, 0.29) is 18.6 Å². The first-order valence-electron chi connectivity index (χ1n) is 15.9. The zero-order valence-electron chi connectivity index (χ0n) is 26.8. The van der Waals surface area contributed by atoms with E-state index in [1.807, 2.05) is 41.3 Å². The Labute approximate surface area is 271 Å². The first kappa shape index (κ1) is 31.6. The molecule has 2 aliphatic rings. The maximum Gasteiger partial charge on any atom is 0.240 e. The molecule has 4 aromatic carbocycles. The Hall–Kier alpha value is -4.37. The van der Waals surface area contributed by atoms with Crippen LogP contribution in [-0.2, 0) is 17.8 Å². The molecule has 2 heterocycles. The van der Waals surface area contributed by atoms with Crippen LogP contribution in [0.2, 0.25) is 0 Å². The van der Waals surface area contributed by atoms with E-state index >= 15 is 0 Å². The van der Waals surface area contributed by atoms with Crippen molar-refractivity contribution < 1.29 is 24.1 Å². The summed E-state index contributed by atoms with van der Waals surface area (Å²) in [4.78, 5) is 21.1. The van der Waals surface area contributed by atoms with Gasteiger partial charge in [0.25, 0.3) is 0 Å². The van der Waals surface area contributed by atoms with Gasteiger partial charge in [0, 0.05) is 32.7 Å². The van der Waals surface area contributed by atoms with Gasteiger partial charge in [-0.3, -0.25) is 14.6 Å². The zero-order valence-corrected chi connectivity index (χ0v) is 26.8. The molecule has 0 aliphatic carbocycles. The molecular formula is C38H43N3O5. The van der Waals surface area contributed by atoms with Crippen molar-refractivity contribution in [1.82, 2.24) is 14.7 Å². The highest BCUT2D eigenvalue weighted by molar-refractivity contribution is 5.83. The molecule has 0 saturated carbocycles. The Morgan fingerprint density at radius 2 is 1.28 bits per heavy atom. The van der Waals surface area contributed by atoms with E-state index in [0.717, 1.165) is 24.2 Å². The van der Waals surface area contributed by atoms with Gasteiger partial charge in [0.15, 0.2) is 11.5 Å². The quantitative estimate of drug-likeness (QED) is 0.264. The number of hydrogen-bond donors (Lipinski definition) is 1. The standard InChI is InChI=1S/C38H43N3O5/c1-44-34-23-31(24-35(45-2)37(34)46-3)33(26-42)41-25-30-17-11-10-16-29(30)22-32(41)38(43)40-20-18-39(19-21-40)36(27-12-6-4-7-13-27)28-14-8-5-9-15-28/h4-17,23-24,32-33,36,42H,18-22,25-26H2,1-3H3/t32-,33?/m0/s1. The number of aliphatic hydroxyl groups excluding tert-OH is 1. The second-order valence-electron chi connectivity index (χ2n) is 11.9. The van der Waals surface area contributed by atoms with Gasteiger partial charge in [-0.1, -0.05) is 84.9 Å².